The molecule has 7 heteroatoms. The number of hydrogen-bond donors (Lipinski definition) is 1. The number of nitrogens with zero attached hydrogens (tertiary/aromatic N) is 1. The minimum absolute atomic E-state index is 0.182. The molecule has 0 fully saturated rings. The lowest BCUT2D eigenvalue weighted by molar-refractivity contribution is -0.176. The number of amides is 1. The summed E-state index contributed by atoms with van der Waals surface area (Å²) in [6.07, 6.45) is -2.70. The molecule has 0 saturated heterocycles. The van der Waals surface area contributed by atoms with E-state index in [0.29, 0.717) is 22.5 Å². The van der Waals surface area contributed by atoms with Gasteiger partial charge in [0.25, 0.3) is 5.91 Å². The van der Waals surface area contributed by atoms with Crippen LogP contribution in [0.5, 0.6) is 0 Å². The summed E-state index contributed by atoms with van der Waals surface area (Å²) in [5.41, 5.74) is 2.86. The van der Waals surface area contributed by atoms with Gasteiger partial charge in [-0.1, -0.05) is 30.2 Å². The van der Waals surface area contributed by atoms with Crippen molar-refractivity contribution in [3.8, 4) is 11.8 Å². The number of pyridine rings is 1. The van der Waals surface area contributed by atoms with Crippen LogP contribution in [-0.2, 0) is 11.3 Å². The average molecular weight is 410 g/mol. The minimum Gasteiger partial charge on any atom is -0.367 e. The number of aromatic nitrogens is 1. The summed E-state index contributed by atoms with van der Waals surface area (Å²) >= 11 is 0. The van der Waals surface area contributed by atoms with Gasteiger partial charge in [-0.3, -0.25) is 4.79 Å². The van der Waals surface area contributed by atoms with Crippen molar-refractivity contribution in [2.75, 3.05) is 11.9 Å². The molecule has 0 atom stereocenters. The maximum atomic E-state index is 12.4. The van der Waals surface area contributed by atoms with Gasteiger partial charge in [0.1, 0.15) is 12.3 Å². The van der Waals surface area contributed by atoms with Crippen LogP contribution in [0.25, 0.3) is 0 Å². The first-order valence-corrected chi connectivity index (χ1v) is 8.97. The number of hydrogen-bond acceptors (Lipinski definition) is 3. The fraction of sp³-hybridized carbons (Fsp3) is 0.130. The quantitative estimate of drug-likeness (QED) is 0.614. The maximum Gasteiger partial charge on any atom is 0.411 e. The molecule has 0 spiro atoms. The van der Waals surface area contributed by atoms with Gasteiger partial charge in [-0.15, -0.1) is 0 Å². The normalized spacial score (nSPS) is 10.8. The van der Waals surface area contributed by atoms with Crippen molar-refractivity contribution >= 4 is 11.6 Å². The fourth-order valence-electron chi connectivity index (χ4n) is 2.49. The Hall–Kier alpha value is -3.63. The molecule has 152 valence electrons. The Morgan fingerprint density at radius 2 is 1.80 bits per heavy atom. The van der Waals surface area contributed by atoms with E-state index in [2.05, 4.69) is 26.9 Å². The van der Waals surface area contributed by atoms with Crippen LogP contribution in [0.15, 0.2) is 72.9 Å². The van der Waals surface area contributed by atoms with Crippen LogP contribution in [0.4, 0.5) is 18.9 Å². The molecular formula is C23H17F3N2O2. The van der Waals surface area contributed by atoms with Gasteiger partial charge in [0, 0.05) is 23.0 Å². The highest BCUT2D eigenvalue weighted by Crippen LogP contribution is 2.16. The van der Waals surface area contributed by atoms with E-state index in [1.54, 1.807) is 42.6 Å². The molecule has 0 aliphatic carbocycles. The SMILES string of the molecule is O=C(Nc1cccc(C#Cc2ccccn2)c1)c1ccc(COCC(F)(F)F)cc1. The van der Waals surface area contributed by atoms with Crippen LogP contribution in [0.3, 0.4) is 0 Å². The smallest absolute Gasteiger partial charge is 0.367 e. The Bertz CT molecular complexity index is 1050. The van der Waals surface area contributed by atoms with Gasteiger partial charge in [-0.05, 0) is 53.9 Å². The molecule has 4 nitrogen and oxygen atoms in total. The van der Waals surface area contributed by atoms with Gasteiger partial charge in [-0.25, -0.2) is 4.98 Å². The van der Waals surface area contributed by atoms with Crippen molar-refractivity contribution in [1.29, 1.82) is 0 Å². The third-order valence-corrected chi connectivity index (χ3v) is 3.87. The number of rotatable bonds is 5. The lowest BCUT2D eigenvalue weighted by Crippen LogP contribution is -2.16. The zero-order chi connectivity index (χ0) is 21.4. The number of ether oxygens (including phenoxy) is 1. The van der Waals surface area contributed by atoms with Crippen LogP contribution in [0.2, 0.25) is 0 Å². The Morgan fingerprint density at radius 1 is 1.00 bits per heavy atom. The number of halogens is 3. The zero-order valence-corrected chi connectivity index (χ0v) is 15.7. The number of carbonyl (C=O) groups excluding carboxylic acids is 1. The number of nitrogens with one attached hydrogen (secondary N) is 1. The molecule has 0 radical (unpaired) electrons. The molecule has 3 rings (SSSR count). The third kappa shape index (κ3) is 6.76. The standard InChI is InChI=1S/C23H17F3N2O2/c24-23(25,26)16-30-15-18-7-10-19(11-8-18)22(29)28-21-6-3-4-17(14-21)9-12-20-5-1-2-13-27-20/h1-8,10-11,13-14H,15-16H2,(H,28,29). The number of alkyl halides is 3. The Morgan fingerprint density at radius 3 is 2.50 bits per heavy atom. The Kier molecular flexibility index (Phi) is 6.83. The second-order valence-corrected chi connectivity index (χ2v) is 6.30. The number of carbonyl (C=O) groups is 1. The van der Waals surface area contributed by atoms with Crippen LogP contribution in [0.1, 0.15) is 27.2 Å². The largest absolute Gasteiger partial charge is 0.411 e. The summed E-state index contributed by atoms with van der Waals surface area (Å²) in [6.45, 7) is -1.49. The molecule has 3 aromatic rings. The Balaban J connectivity index is 1.60. The molecule has 1 amide bonds. The van der Waals surface area contributed by atoms with Gasteiger partial charge in [0.05, 0.1) is 6.61 Å². The molecule has 0 saturated carbocycles. The molecule has 30 heavy (non-hydrogen) atoms. The number of benzene rings is 2. The summed E-state index contributed by atoms with van der Waals surface area (Å²) in [7, 11) is 0. The van der Waals surface area contributed by atoms with E-state index in [1.807, 2.05) is 18.2 Å². The molecule has 0 unspecified atom stereocenters. The molecule has 0 bridgehead atoms. The monoisotopic (exact) mass is 410 g/mol. The predicted octanol–water partition coefficient (Wildman–Crippen LogP) is 4.81. The first-order chi connectivity index (χ1) is 14.4. The van der Waals surface area contributed by atoms with Crippen LogP contribution < -0.4 is 5.32 Å². The second-order valence-electron chi connectivity index (χ2n) is 6.30. The van der Waals surface area contributed by atoms with E-state index in [-0.39, 0.29) is 12.5 Å². The minimum atomic E-state index is -4.36. The lowest BCUT2D eigenvalue weighted by atomic mass is 10.1. The zero-order valence-electron chi connectivity index (χ0n) is 15.7. The van der Waals surface area contributed by atoms with Crippen molar-refractivity contribution < 1.29 is 22.7 Å². The van der Waals surface area contributed by atoms with E-state index in [4.69, 9.17) is 0 Å². The number of anilines is 1. The Labute approximate surface area is 171 Å². The first kappa shape index (κ1) is 21.1. The summed E-state index contributed by atoms with van der Waals surface area (Å²) < 4.78 is 40.9. The molecule has 1 heterocycles. The van der Waals surface area contributed by atoms with Crippen molar-refractivity contribution in [3.05, 3.63) is 95.3 Å². The fourth-order valence-corrected chi connectivity index (χ4v) is 2.49. The van der Waals surface area contributed by atoms with Gasteiger partial charge in [-0.2, -0.15) is 13.2 Å². The molecular weight excluding hydrogens is 393 g/mol. The van der Waals surface area contributed by atoms with Gasteiger partial charge in [0.2, 0.25) is 0 Å². The molecule has 1 N–H and O–H groups in total. The van der Waals surface area contributed by atoms with Gasteiger partial charge >= 0.3 is 6.18 Å². The van der Waals surface area contributed by atoms with Crippen molar-refractivity contribution in [2.24, 2.45) is 0 Å². The van der Waals surface area contributed by atoms with E-state index in [9.17, 15) is 18.0 Å². The third-order valence-electron chi connectivity index (χ3n) is 3.87. The second kappa shape index (κ2) is 9.72. The summed E-state index contributed by atoms with van der Waals surface area (Å²) in [4.78, 5) is 16.6. The van der Waals surface area contributed by atoms with Gasteiger partial charge < -0.3 is 10.1 Å². The highest BCUT2D eigenvalue weighted by Gasteiger charge is 2.27. The van der Waals surface area contributed by atoms with E-state index in [0.717, 1.165) is 5.56 Å². The molecule has 0 aliphatic heterocycles. The highest BCUT2D eigenvalue weighted by molar-refractivity contribution is 6.04. The van der Waals surface area contributed by atoms with E-state index in [1.165, 1.54) is 12.1 Å². The molecule has 1 aromatic heterocycles. The van der Waals surface area contributed by atoms with Crippen LogP contribution in [-0.4, -0.2) is 23.7 Å². The summed E-state index contributed by atoms with van der Waals surface area (Å²) in [5.74, 6) is 5.60. The summed E-state index contributed by atoms with van der Waals surface area (Å²) in [6, 6.07) is 18.7. The first-order valence-electron chi connectivity index (χ1n) is 8.97. The summed E-state index contributed by atoms with van der Waals surface area (Å²) in [5, 5.41) is 2.78. The molecule has 2 aromatic carbocycles. The van der Waals surface area contributed by atoms with Crippen molar-refractivity contribution in [2.45, 2.75) is 12.8 Å². The average Bonchev–Trinajstić information content (AvgIpc) is 2.73. The maximum absolute atomic E-state index is 12.4. The molecule has 0 aliphatic rings. The van der Waals surface area contributed by atoms with Crippen LogP contribution >= 0.6 is 0 Å². The van der Waals surface area contributed by atoms with Crippen molar-refractivity contribution in [3.63, 3.8) is 0 Å². The lowest BCUT2D eigenvalue weighted by Gasteiger charge is -2.09. The van der Waals surface area contributed by atoms with Crippen LogP contribution in [0, 0.1) is 11.8 Å². The highest BCUT2D eigenvalue weighted by atomic mass is 19.4. The van der Waals surface area contributed by atoms with E-state index >= 15 is 0 Å². The van der Waals surface area contributed by atoms with Crippen molar-refractivity contribution in [1.82, 2.24) is 4.98 Å². The topological polar surface area (TPSA) is 51.2 Å². The predicted molar refractivity (Wildman–Crippen MR) is 107 cm³/mol. The van der Waals surface area contributed by atoms with Gasteiger partial charge in [0.15, 0.2) is 0 Å². The van der Waals surface area contributed by atoms with E-state index < -0.39 is 12.8 Å².